The van der Waals surface area contributed by atoms with Gasteiger partial charge in [-0.25, -0.2) is 9.78 Å². The van der Waals surface area contributed by atoms with Gasteiger partial charge in [0.2, 0.25) is 0 Å². The minimum absolute atomic E-state index is 0.0276. The first-order chi connectivity index (χ1) is 12.3. The quantitative estimate of drug-likeness (QED) is 0.762. The molecule has 2 rings (SSSR count). The van der Waals surface area contributed by atoms with Gasteiger partial charge >= 0.3 is 6.09 Å². The molecular formula is C20H33N3O3. The Morgan fingerprint density at radius 3 is 2.54 bits per heavy atom. The number of Topliss-reactive ketones (excluding diaryl/α,β-unsaturated/α-hetero) is 1. The van der Waals surface area contributed by atoms with Gasteiger partial charge in [0.1, 0.15) is 5.82 Å². The van der Waals surface area contributed by atoms with Gasteiger partial charge in [-0.2, -0.15) is 0 Å². The molecule has 1 fully saturated rings. The minimum atomic E-state index is -0.551. The molecule has 6 nitrogen and oxygen atoms in total. The number of nitrogens with one attached hydrogen (secondary N) is 2. The van der Waals surface area contributed by atoms with Gasteiger partial charge in [-0.1, -0.05) is 40.5 Å². The lowest BCUT2D eigenvalue weighted by molar-refractivity contribution is -0.123. The van der Waals surface area contributed by atoms with Crippen LogP contribution < -0.4 is 5.32 Å². The molecule has 1 aliphatic carbocycles. The summed E-state index contributed by atoms with van der Waals surface area (Å²) in [5.41, 5.74) is 1.14. The van der Waals surface area contributed by atoms with Crippen LogP contribution in [-0.2, 0) is 9.53 Å². The lowest BCUT2D eigenvalue weighted by Gasteiger charge is -2.31. The summed E-state index contributed by atoms with van der Waals surface area (Å²) in [6, 6.07) is -0.507. The molecule has 146 valence electrons. The average Bonchev–Trinajstić information content (AvgIpc) is 3.09. The second kappa shape index (κ2) is 9.19. The Labute approximate surface area is 156 Å². The third kappa shape index (κ3) is 5.08. The molecule has 0 aliphatic heterocycles. The number of methoxy groups -OCH3 is 1. The fraction of sp³-hybridized carbons (Fsp3) is 0.750. The van der Waals surface area contributed by atoms with Crippen LogP contribution in [-0.4, -0.2) is 35.0 Å². The maximum absolute atomic E-state index is 12.9. The van der Waals surface area contributed by atoms with Crippen LogP contribution in [0, 0.1) is 11.8 Å². The average molecular weight is 364 g/mol. The summed E-state index contributed by atoms with van der Waals surface area (Å²) in [5.74, 6) is 2.08. The summed E-state index contributed by atoms with van der Waals surface area (Å²) in [6.45, 7) is 8.17. The number of ether oxygens (including phenoxy) is 1. The highest BCUT2D eigenvalue weighted by atomic mass is 16.5. The van der Waals surface area contributed by atoms with Gasteiger partial charge in [-0.05, 0) is 30.6 Å². The van der Waals surface area contributed by atoms with Gasteiger partial charge in [-0.3, -0.25) is 4.79 Å². The highest BCUT2D eigenvalue weighted by Gasteiger charge is 2.33. The first kappa shape index (κ1) is 20.5. The molecule has 0 spiro atoms. The smallest absolute Gasteiger partial charge is 0.407 e. The van der Waals surface area contributed by atoms with Gasteiger partial charge in [-0.15, -0.1) is 0 Å². The summed E-state index contributed by atoms with van der Waals surface area (Å²) < 4.78 is 4.67. The van der Waals surface area contributed by atoms with E-state index in [0.717, 1.165) is 30.8 Å². The Kier molecular flexibility index (Phi) is 7.23. The van der Waals surface area contributed by atoms with E-state index in [2.05, 4.69) is 33.9 Å². The minimum Gasteiger partial charge on any atom is -0.453 e. The van der Waals surface area contributed by atoms with Crippen molar-refractivity contribution in [2.24, 2.45) is 11.8 Å². The van der Waals surface area contributed by atoms with E-state index in [1.807, 2.05) is 20.0 Å². The van der Waals surface area contributed by atoms with Crippen LogP contribution in [0.1, 0.15) is 83.2 Å². The standard InChI is InChI=1S/C20H33N3O3/c1-12(2)16-11-21-19(22-16)15-9-7-6-8-14(15)10-17(24)18(13(3)4)23-20(25)26-5/h11-15,18H,6-10H2,1-5H3,(H,21,22)(H,23,25)/t14-,15+,18+/m1/s1. The maximum atomic E-state index is 12.9. The molecule has 26 heavy (non-hydrogen) atoms. The fourth-order valence-electron chi connectivity index (χ4n) is 3.84. The number of amides is 1. The first-order valence-electron chi connectivity index (χ1n) is 9.75. The molecule has 2 N–H and O–H groups in total. The number of aromatic amines is 1. The van der Waals surface area contributed by atoms with Crippen LogP contribution in [0.2, 0.25) is 0 Å². The number of aromatic nitrogens is 2. The van der Waals surface area contributed by atoms with E-state index in [0.29, 0.717) is 12.3 Å². The third-order valence-electron chi connectivity index (χ3n) is 5.43. The van der Waals surface area contributed by atoms with Crippen molar-refractivity contribution >= 4 is 11.9 Å². The van der Waals surface area contributed by atoms with Crippen LogP contribution in [0.15, 0.2) is 6.20 Å². The summed E-state index contributed by atoms with van der Waals surface area (Å²) >= 11 is 0. The summed E-state index contributed by atoms with van der Waals surface area (Å²) in [7, 11) is 1.32. The molecule has 0 aromatic carbocycles. The van der Waals surface area contributed by atoms with E-state index in [9.17, 15) is 9.59 Å². The topological polar surface area (TPSA) is 84.1 Å². The Bertz CT molecular complexity index is 609. The zero-order valence-electron chi connectivity index (χ0n) is 16.7. The number of hydrogen-bond donors (Lipinski definition) is 2. The Morgan fingerprint density at radius 1 is 1.27 bits per heavy atom. The number of alkyl carbamates (subject to hydrolysis) is 1. The van der Waals surface area contributed by atoms with Gasteiger partial charge in [0.05, 0.1) is 13.2 Å². The maximum Gasteiger partial charge on any atom is 0.407 e. The molecule has 1 amide bonds. The SMILES string of the molecule is COC(=O)N[C@H](C(=O)C[C@H]1CCCC[C@@H]1c1ncc(C(C)C)[nH]1)C(C)C. The van der Waals surface area contributed by atoms with Gasteiger partial charge in [0.15, 0.2) is 5.78 Å². The molecule has 0 bridgehead atoms. The predicted octanol–water partition coefficient (Wildman–Crippen LogP) is 4.15. The molecule has 6 heteroatoms. The molecule has 1 aromatic heterocycles. The number of carbonyl (C=O) groups excluding carboxylic acids is 2. The lowest BCUT2D eigenvalue weighted by atomic mass is 9.75. The highest BCUT2D eigenvalue weighted by molar-refractivity contribution is 5.87. The summed E-state index contributed by atoms with van der Waals surface area (Å²) in [6.07, 6.45) is 6.23. The van der Waals surface area contributed by atoms with Gasteiger partial charge < -0.3 is 15.0 Å². The van der Waals surface area contributed by atoms with Crippen LogP contribution in [0.5, 0.6) is 0 Å². The molecule has 0 unspecified atom stereocenters. The number of hydrogen-bond acceptors (Lipinski definition) is 4. The van der Waals surface area contributed by atoms with Gasteiger partial charge in [0, 0.05) is 24.2 Å². The van der Waals surface area contributed by atoms with Crippen molar-refractivity contribution in [1.29, 1.82) is 0 Å². The number of rotatable bonds is 7. The summed E-state index contributed by atoms with van der Waals surface area (Å²) in [4.78, 5) is 32.5. The molecule has 1 saturated carbocycles. The molecule has 3 atom stereocenters. The summed E-state index contributed by atoms with van der Waals surface area (Å²) in [5, 5.41) is 2.69. The zero-order chi connectivity index (χ0) is 19.3. The van der Waals surface area contributed by atoms with Crippen molar-refractivity contribution in [3.05, 3.63) is 17.7 Å². The van der Waals surface area contributed by atoms with Crippen LogP contribution >= 0.6 is 0 Å². The molecule has 1 aromatic rings. The zero-order valence-corrected chi connectivity index (χ0v) is 16.7. The molecule has 1 aliphatic rings. The van der Waals surface area contributed by atoms with Crippen LogP contribution in [0.25, 0.3) is 0 Å². The largest absolute Gasteiger partial charge is 0.453 e. The monoisotopic (exact) mass is 363 g/mol. The number of H-pyrrole nitrogens is 1. The van der Waals surface area contributed by atoms with Crippen molar-refractivity contribution in [3.63, 3.8) is 0 Å². The Morgan fingerprint density at radius 2 is 1.96 bits per heavy atom. The predicted molar refractivity (Wildman–Crippen MR) is 101 cm³/mol. The van der Waals surface area contributed by atoms with Crippen LogP contribution in [0.3, 0.4) is 0 Å². The van der Waals surface area contributed by atoms with E-state index < -0.39 is 12.1 Å². The van der Waals surface area contributed by atoms with Crippen molar-refractivity contribution in [2.75, 3.05) is 7.11 Å². The second-order valence-corrected chi connectivity index (χ2v) is 8.06. The highest BCUT2D eigenvalue weighted by Crippen LogP contribution is 2.39. The van der Waals surface area contributed by atoms with Crippen LogP contribution in [0.4, 0.5) is 4.79 Å². The number of ketones is 1. The van der Waals surface area contributed by atoms with Crippen molar-refractivity contribution < 1.29 is 14.3 Å². The fourth-order valence-corrected chi connectivity index (χ4v) is 3.84. The molecule has 1 heterocycles. The van der Waals surface area contributed by atoms with Crippen molar-refractivity contribution in [1.82, 2.24) is 15.3 Å². The van der Waals surface area contributed by atoms with Gasteiger partial charge in [0.25, 0.3) is 0 Å². The number of carbonyl (C=O) groups is 2. The van der Waals surface area contributed by atoms with E-state index in [1.165, 1.54) is 13.5 Å². The van der Waals surface area contributed by atoms with E-state index in [4.69, 9.17) is 0 Å². The first-order valence-corrected chi connectivity index (χ1v) is 9.75. The Hall–Kier alpha value is -1.85. The normalized spacial score (nSPS) is 21.7. The van der Waals surface area contributed by atoms with E-state index >= 15 is 0 Å². The third-order valence-corrected chi connectivity index (χ3v) is 5.43. The number of nitrogens with zero attached hydrogens (tertiary/aromatic N) is 1. The second-order valence-electron chi connectivity index (χ2n) is 8.06. The lowest BCUT2D eigenvalue weighted by Crippen LogP contribution is -2.45. The Balaban J connectivity index is 2.10. The molecule has 0 saturated heterocycles. The van der Waals surface area contributed by atoms with Crippen molar-refractivity contribution in [2.45, 2.75) is 77.7 Å². The number of imidazole rings is 1. The van der Waals surface area contributed by atoms with E-state index in [1.54, 1.807) is 0 Å². The molecular weight excluding hydrogens is 330 g/mol. The molecule has 0 radical (unpaired) electrons. The van der Waals surface area contributed by atoms with E-state index in [-0.39, 0.29) is 23.5 Å². The van der Waals surface area contributed by atoms with Crippen molar-refractivity contribution in [3.8, 4) is 0 Å².